The van der Waals surface area contributed by atoms with Gasteiger partial charge in [0.2, 0.25) is 17.7 Å². The monoisotopic (exact) mass is 442 g/mol. The second-order valence-corrected chi connectivity index (χ2v) is 8.81. The van der Waals surface area contributed by atoms with Crippen molar-refractivity contribution in [1.82, 2.24) is 14.7 Å². The molecule has 0 aliphatic carbocycles. The highest BCUT2D eigenvalue weighted by atomic mass is 16.5. The first-order valence-electron chi connectivity index (χ1n) is 11.9. The van der Waals surface area contributed by atoms with Crippen LogP contribution in [0.15, 0.2) is 24.3 Å². The Morgan fingerprint density at radius 2 is 1.38 bits per heavy atom. The molecular formula is C24H34N4O4. The third kappa shape index (κ3) is 5.59. The van der Waals surface area contributed by atoms with Crippen LogP contribution in [0.25, 0.3) is 0 Å². The molecule has 0 N–H and O–H groups in total. The summed E-state index contributed by atoms with van der Waals surface area (Å²) in [7, 11) is 0. The molecule has 8 heteroatoms. The number of nitrogens with zero attached hydrogens (tertiary/aromatic N) is 4. The molecule has 1 aromatic rings. The van der Waals surface area contributed by atoms with Gasteiger partial charge in [0.15, 0.2) is 0 Å². The molecule has 0 radical (unpaired) electrons. The quantitative estimate of drug-likeness (QED) is 0.695. The second kappa shape index (κ2) is 10.8. The van der Waals surface area contributed by atoms with E-state index in [1.807, 2.05) is 34.1 Å². The molecule has 0 bridgehead atoms. The van der Waals surface area contributed by atoms with Crippen LogP contribution in [-0.4, -0.2) is 91.4 Å². The van der Waals surface area contributed by atoms with Crippen molar-refractivity contribution in [3.63, 3.8) is 0 Å². The molecule has 1 aromatic carbocycles. The first kappa shape index (κ1) is 22.6. The van der Waals surface area contributed by atoms with Crippen molar-refractivity contribution in [3.05, 3.63) is 24.3 Å². The van der Waals surface area contributed by atoms with Crippen LogP contribution in [0.2, 0.25) is 0 Å². The first-order chi connectivity index (χ1) is 15.6. The van der Waals surface area contributed by atoms with Crippen LogP contribution in [-0.2, 0) is 14.4 Å². The summed E-state index contributed by atoms with van der Waals surface area (Å²) >= 11 is 0. The van der Waals surface area contributed by atoms with E-state index < -0.39 is 0 Å². The zero-order valence-electron chi connectivity index (χ0n) is 18.8. The Morgan fingerprint density at radius 1 is 0.719 bits per heavy atom. The number of carbonyl (C=O) groups is 3. The smallest absolute Gasteiger partial charge is 0.236 e. The summed E-state index contributed by atoms with van der Waals surface area (Å²) in [6, 6.07) is 7.50. The number of carbonyl (C=O) groups excluding carboxylic acids is 3. The van der Waals surface area contributed by atoms with Gasteiger partial charge in [-0.3, -0.25) is 19.3 Å². The molecule has 0 saturated carbocycles. The van der Waals surface area contributed by atoms with E-state index in [9.17, 15) is 14.4 Å². The number of piperazine rings is 1. The summed E-state index contributed by atoms with van der Waals surface area (Å²) in [6.45, 7) is 5.80. The Kier molecular flexibility index (Phi) is 7.63. The number of benzene rings is 1. The van der Waals surface area contributed by atoms with Crippen molar-refractivity contribution in [1.29, 1.82) is 0 Å². The minimum Gasteiger partial charge on any atom is -0.490 e. The Labute approximate surface area is 190 Å². The molecule has 0 unspecified atom stereocenters. The molecular weight excluding hydrogens is 408 g/mol. The number of ether oxygens (including phenoxy) is 1. The van der Waals surface area contributed by atoms with Crippen LogP contribution < -0.4 is 9.64 Å². The van der Waals surface area contributed by atoms with Crippen LogP contribution in [0.4, 0.5) is 5.69 Å². The number of likely N-dealkylation sites (tertiary alicyclic amines) is 1. The molecule has 8 nitrogen and oxygen atoms in total. The molecule has 2 fully saturated rings. The van der Waals surface area contributed by atoms with Gasteiger partial charge in [0.25, 0.3) is 0 Å². The van der Waals surface area contributed by atoms with Gasteiger partial charge in [0, 0.05) is 52.1 Å². The Hall–Kier alpha value is -2.61. The Bertz CT molecular complexity index is 814. The van der Waals surface area contributed by atoms with E-state index in [1.54, 1.807) is 4.90 Å². The molecule has 0 atom stereocenters. The van der Waals surface area contributed by atoms with Crippen molar-refractivity contribution in [2.75, 3.05) is 63.9 Å². The van der Waals surface area contributed by atoms with Gasteiger partial charge in [0.05, 0.1) is 18.8 Å². The zero-order valence-corrected chi connectivity index (χ0v) is 18.8. The van der Waals surface area contributed by atoms with E-state index in [4.69, 9.17) is 4.74 Å². The largest absolute Gasteiger partial charge is 0.490 e. The lowest BCUT2D eigenvalue weighted by Crippen LogP contribution is -2.51. The lowest BCUT2D eigenvalue weighted by atomic mass is 10.2. The average molecular weight is 443 g/mol. The number of fused-ring (bicyclic) bond motifs is 1. The number of amides is 3. The van der Waals surface area contributed by atoms with Gasteiger partial charge in [0.1, 0.15) is 12.4 Å². The minimum absolute atomic E-state index is 0.0124. The van der Waals surface area contributed by atoms with Gasteiger partial charge < -0.3 is 19.4 Å². The van der Waals surface area contributed by atoms with Crippen LogP contribution >= 0.6 is 0 Å². The number of hydrogen-bond donors (Lipinski definition) is 0. The van der Waals surface area contributed by atoms with Crippen molar-refractivity contribution >= 4 is 23.4 Å². The zero-order chi connectivity index (χ0) is 22.3. The summed E-state index contributed by atoms with van der Waals surface area (Å²) < 4.78 is 5.61. The van der Waals surface area contributed by atoms with Gasteiger partial charge in [-0.1, -0.05) is 25.0 Å². The van der Waals surface area contributed by atoms with Crippen LogP contribution in [0, 0.1) is 0 Å². The third-order valence-electron chi connectivity index (χ3n) is 6.62. The lowest BCUT2D eigenvalue weighted by Gasteiger charge is -2.35. The molecule has 32 heavy (non-hydrogen) atoms. The van der Waals surface area contributed by atoms with Gasteiger partial charge in [-0.25, -0.2) is 0 Å². The molecule has 174 valence electrons. The van der Waals surface area contributed by atoms with E-state index in [-0.39, 0.29) is 30.6 Å². The fourth-order valence-electron chi connectivity index (χ4n) is 4.70. The van der Waals surface area contributed by atoms with Crippen molar-refractivity contribution in [2.24, 2.45) is 0 Å². The van der Waals surface area contributed by atoms with Crippen LogP contribution in [0.1, 0.15) is 38.5 Å². The summed E-state index contributed by atoms with van der Waals surface area (Å²) in [5, 5.41) is 0. The third-order valence-corrected chi connectivity index (χ3v) is 6.62. The Balaban J connectivity index is 1.20. The van der Waals surface area contributed by atoms with E-state index in [0.29, 0.717) is 51.6 Å². The molecule has 0 aromatic heterocycles. The van der Waals surface area contributed by atoms with Crippen molar-refractivity contribution in [2.45, 2.75) is 38.5 Å². The molecule has 3 amide bonds. The standard InChI is InChI=1S/C24H34N4O4/c29-22(9-10-23(30)28-17-18-32-21-8-4-3-7-20(21)28)27-15-13-25(14-16-27)19-24(31)26-11-5-1-2-6-12-26/h3-4,7-8H,1-2,5-6,9-19H2. The van der Waals surface area contributed by atoms with E-state index in [2.05, 4.69) is 4.90 Å². The maximum Gasteiger partial charge on any atom is 0.236 e. The average Bonchev–Trinajstić information content (AvgIpc) is 3.12. The maximum atomic E-state index is 12.7. The van der Waals surface area contributed by atoms with Gasteiger partial charge in [-0.05, 0) is 25.0 Å². The summed E-state index contributed by atoms with van der Waals surface area (Å²) in [5.74, 6) is 0.890. The lowest BCUT2D eigenvalue weighted by molar-refractivity contribution is -0.136. The molecule has 3 heterocycles. The van der Waals surface area contributed by atoms with Gasteiger partial charge in [-0.2, -0.15) is 0 Å². The minimum atomic E-state index is -0.0456. The highest BCUT2D eigenvalue weighted by Gasteiger charge is 2.27. The maximum absolute atomic E-state index is 12.7. The normalized spacial score (nSPS) is 19.7. The highest BCUT2D eigenvalue weighted by Crippen LogP contribution is 2.31. The molecule has 2 saturated heterocycles. The summed E-state index contributed by atoms with van der Waals surface area (Å²) in [4.78, 5) is 45.7. The van der Waals surface area contributed by atoms with Crippen molar-refractivity contribution < 1.29 is 19.1 Å². The van der Waals surface area contributed by atoms with Gasteiger partial charge in [-0.15, -0.1) is 0 Å². The first-order valence-corrected chi connectivity index (χ1v) is 11.9. The predicted molar refractivity (Wildman–Crippen MR) is 122 cm³/mol. The van der Waals surface area contributed by atoms with E-state index >= 15 is 0 Å². The van der Waals surface area contributed by atoms with Gasteiger partial charge >= 0.3 is 0 Å². The van der Waals surface area contributed by atoms with E-state index in [0.717, 1.165) is 31.6 Å². The van der Waals surface area contributed by atoms with E-state index in [1.165, 1.54) is 12.8 Å². The second-order valence-electron chi connectivity index (χ2n) is 8.81. The van der Waals surface area contributed by atoms with Crippen LogP contribution in [0.3, 0.4) is 0 Å². The molecule has 0 spiro atoms. The Morgan fingerprint density at radius 3 is 2.12 bits per heavy atom. The predicted octanol–water partition coefficient (Wildman–Crippen LogP) is 1.74. The molecule has 3 aliphatic heterocycles. The number of rotatable bonds is 5. The molecule has 3 aliphatic rings. The fraction of sp³-hybridized carbons (Fsp3) is 0.625. The summed E-state index contributed by atoms with van der Waals surface area (Å²) in [5.41, 5.74) is 0.777. The fourth-order valence-corrected chi connectivity index (χ4v) is 4.70. The summed E-state index contributed by atoms with van der Waals surface area (Å²) in [6.07, 6.45) is 5.04. The number of para-hydroxylation sites is 2. The SMILES string of the molecule is O=C(CCC(=O)N1CCOc2ccccc21)N1CCN(CC(=O)N2CCCCCC2)CC1. The van der Waals surface area contributed by atoms with Crippen LogP contribution in [0.5, 0.6) is 5.75 Å². The highest BCUT2D eigenvalue weighted by molar-refractivity contribution is 5.97. The van der Waals surface area contributed by atoms with Crippen molar-refractivity contribution in [3.8, 4) is 5.75 Å². The topological polar surface area (TPSA) is 73.4 Å². The number of anilines is 1. The molecule has 4 rings (SSSR count). The number of hydrogen-bond acceptors (Lipinski definition) is 5.